The van der Waals surface area contributed by atoms with E-state index in [2.05, 4.69) is 21.2 Å². The van der Waals surface area contributed by atoms with E-state index in [0.29, 0.717) is 5.75 Å². The predicted molar refractivity (Wildman–Crippen MR) is 64.9 cm³/mol. The van der Waals surface area contributed by atoms with Crippen LogP contribution in [-0.2, 0) is 0 Å². The first kappa shape index (κ1) is 12.8. The normalized spacial score (nSPS) is 10.9. The fourth-order valence-electron chi connectivity index (χ4n) is 1.15. The molecule has 1 aromatic carbocycles. The summed E-state index contributed by atoms with van der Waals surface area (Å²) in [6.45, 7) is 3.88. The van der Waals surface area contributed by atoms with Gasteiger partial charge in [-0.25, -0.2) is 4.79 Å². The van der Waals surface area contributed by atoms with E-state index in [1.54, 1.807) is 0 Å². The molecule has 0 atom stereocenters. The summed E-state index contributed by atoms with van der Waals surface area (Å²) >= 11 is 3.33. The Bertz CT molecular complexity index is 362. The van der Waals surface area contributed by atoms with E-state index in [-0.39, 0.29) is 6.54 Å². The molecule has 0 heterocycles. The number of amides is 1. The number of benzene rings is 1. The van der Waals surface area contributed by atoms with Crippen molar-refractivity contribution in [3.8, 4) is 5.75 Å². The molecule has 0 fully saturated rings. The van der Waals surface area contributed by atoms with Crippen molar-refractivity contribution < 1.29 is 14.6 Å². The highest BCUT2D eigenvalue weighted by Gasteiger charge is 2.20. The van der Waals surface area contributed by atoms with Crippen molar-refractivity contribution in [1.29, 1.82) is 0 Å². The van der Waals surface area contributed by atoms with Crippen molar-refractivity contribution in [2.24, 2.45) is 0 Å². The van der Waals surface area contributed by atoms with E-state index in [1.165, 1.54) is 0 Å². The Labute approximate surface area is 103 Å². The van der Waals surface area contributed by atoms with Crippen LogP contribution >= 0.6 is 15.9 Å². The maximum absolute atomic E-state index is 10.4. The van der Waals surface area contributed by atoms with Gasteiger partial charge in [-0.15, -0.1) is 0 Å². The van der Waals surface area contributed by atoms with E-state index in [9.17, 15) is 4.79 Å². The van der Waals surface area contributed by atoms with Gasteiger partial charge in [0.2, 0.25) is 0 Å². The van der Waals surface area contributed by atoms with Gasteiger partial charge in [0.25, 0.3) is 0 Å². The molecule has 0 bridgehead atoms. The lowest BCUT2D eigenvalue weighted by Gasteiger charge is -2.26. The summed E-state index contributed by atoms with van der Waals surface area (Å²) in [5.41, 5.74) is -0.577. The maximum atomic E-state index is 10.4. The van der Waals surface area contributed by atoms with Gasteiger partial charge in [-0.3, -0.25) is 0 Å². The van der Waals surface area contributed by atoms with Crippen molar-refractivity contribution in [3.63, 3.8) is 0 Å². The molecule has 16 heavy (non-hydrogen) atoms. The van der Waals surface area contributed by atoms with Crippen molar-refractivity contribution in [3.05, 3.63) is 28.7 Å². The summed E-state index contributed by atoms with van der Waals surface area (Å²) in [6, 6.07) is 7.39. The molecule has 1 rings (SSSR count). The fraction of sp³-hybridized carbons (Fsp3) is 0.364. The predicted octanol–water partition coefficient (Wildman–Crippen LogP) is 2.87. The summed E-state index contributed by atoms with van der Waals surface area (Å²) in [7, 11) is 0. The van der Waals surface area contributed by atoms with E-state index in [0.717, 1.165) is 4.47 Å². The molecule has 0 aromatic heterocycles. The Morgan fingerprint density at radius 3 is 2.50 bits per heavy atom. The van der Waals surface area contributed by atoms with Gasteiger partial charge in [0.15, 0.2) is 0 Å². The fourth-order valence-corrected chi connectivity index (χ4v) is 1.41. The molecular weight excluding hydrogens is 274 g/mol. The number of hydrogen-bond donors (Lipinski definition) is 2. The molecule has 0 saturated carbocycles. The lowest BCUT2D eigenvalue weighted by Crippen LogP contribution is -2.42. The van der Waals surface area contributed by atoms with Gasteiger partial charge >= 0.3 is 6.09 Å². The van der Waals surface area contributed by atoms with Gasteiger partial charge in [-0.1, -0.05) is 15.9 Å². The van der Waals surface area contributed by atoms with Crippen molar-refractivity contribution in [2.45, 2.75) is 19.4 Å². The number of carbonyl (C=O) groups is 1. The molecule has 88 valence electrons. The Kier molecular flexibility index (Phi) is 4.18. The smallest absolute Gasteiger partial charge is 0.404 e. The Morgan fingerprint density at radius 2 is 2.00 bits per heavy atom. The number of ether oxygens (including phenoxy) is 1. The third-order valence-corrected chi connectivity index (χ3v) is 2.40. The Hall–Kier alpha value is -1.23. The lowest BCUT2D eigenvalue weighted by atomic mass is 10.1. The molecule has 0 aliphatic heterocycles. The zero-order valence-electron chi connectivity index (χ0n) is 9.16. The highest BCUT2D eigenvalue weighted by Crippen LogP contribution is 2.20. The summed E-state index contributed by atoms with van der Waals surface area (Å²) in [5, 5.41) is 10.8. The Balaban J connectivity index is 2.57. The van der Waals surface area contributed by atoms with Gasteiger partial charge in [-0.05, 0) is 38.1 Å². The van der Waals surface area contributed by atoms with E-state index in [1.807, 2.05) is 38.1 Å². The third kappa shape index (κ3) is 4.53. The van der Waals surface area contributed by atoms with Crippen LogP contribution in [0.1, 0.15) is 13.8 Å². The molecule has 0 unspecified atom stereocenters. The second-order valence-corrected chi connectivity index (χ2v) is 4.89. The van der Waals surface area contributed by atoms with Crippen LogP contribution in [0.4, 0.5) is 4.79 Å². The Morgan fingerprint density at radius 1 is 1.44 bits per heavy atom. The van der Waals surface area contributed by atoms with Crippen LogP contribution in [0.15, 0.2) is 28.7 Å². The third-order valence-electron chi connectivity index (χ3n) is 1.87. The van der Waals surface area contributed by atoms with Crippen molar-refractivity contribution in [1.82, 2.24) is 5.32 Å². The molecule has 0 spiro atoms. The van der Waals surface area contributed by atoms with Gasteiger partial charge in [0.1, 0.15) is 11.4 Å². The molecule has 2 N–H and O–H groups in total. The second-order valence-electron chi connectivity index (χ2n) is 3.97. The highest BCUT2D eigenvalue weighted by atomic mass is 79.9. The van der Waals surface area contributed by atoms with Crippen LogP contribution in [0.3, 0.4) is 0 Å². The standard InChI is InChI=1S/C11H14BrNO3/c1-11(2,7-13-10(14)15)16-9-5-3-8(12)4-6-9/h3-6,13H,7H2,1-2H3,(H,14,15). The van der Waals surface area contributed by atoms with Crippen LogP contribution in [0.25, 0.3) is 0 Å². The van der Waals surface area contributed by atoms with Gasteiger partial charge < -0.3 is 15.2 Å². The van der Waals surface area contributed by atoms with Crippen LogP contribution in [0.5, 0.6) is 5.75 Å². The number of rotatable bonds is 4. The average Bonchev–Trinajstić information content (AvgIpc) is 2.19. The topological polar surface area (TPSA) is 58.6 Å². The number of nitrogens with one attached hydrogen (secondary N) is 1. The van der Waals surface area contributed by atoms with E-state index < -0.39 is 11.7 Å². The molecule has 1 amide bonds. The lowest BCUT2D eigenvalue weighted by molar-refractivity contribution is 0.105. The number of hydrogen-bond acceptors (Lipinski definition) is 2. The second kappa shape index (κ2) is 5.21. The average molecular weight is 288 g/mol. The van der Waals surface area contributed by atoms with Gasteiger partial charge in [0, 0.05) is 4.47 Å². The van der Waals surface area contributed by atoms with Crippen molar-refractivity contribution >= 4 is 22.0 Å². The van der Waals surface area contributed by atoms with Gasteiger partial charge in [-0.2, -0.15) is 0 Å². The van der Waals surface area contributed by atoms with Crippen LogP contribution in [0, 0.1) is 0 Å². The van der Waals surface area contributed by atoms with E-state index >= 15 is 0 Å². The van der Waals surface area contributed by atoms with E-state index in [4.69, 9.17) is 9.84 Å². The molecule has 0 radical (unpaired) electrons. The summed E-state index contributed by atoms with van der Waals surface area (Å²) in [6.07, 6.45) is -1.05. The minimum Gasteiger partial charge on any atom is -0.486 e. The minimum absolute atomic E-state index is 0.235. The first-order valence-electron chi connectivity index (χ1n) is 4.80. The first-order chi connectivity index (χ1) is 7.39. The minimum atomic E-state index is -1.05. The monoisotopic (exact) mass is 287 g/mol. The van der Waals surface area contributed by atoms with Crippen molar-refractivity contribution in [2.75, 3.05) is 6.54 Å². The molecule has 0 aliphatic rings. The molecular formula is C11H14BrNO3. The largest absolute Gasteiger partial charge is 0.486 e. The highest BCUT2D eigenvalue weighted by molar-refractivity contribution is 9.10. The maximum Gasteiger partial charge on any atom is 0.404 e. The van der Waals surface area contributed by atoms with Crippen LogP contribution in [0.2, 0.25) is 0 Å². The number of halogens is 1. The molecule has 5 heteroatoms. The zero-order valence-corrected chi connectivity index (χ0v) is 10.7. The first-order valence-corrected chi connectivity index (χ1v) is 5.60. The summed E-state index contributed by atoms with van der Waals surface area (Å²) in [4.78, 5) is 10.4. The molecule has 1 aromatic rings. The number of carboxylic acid groups (broad SMARTS) is 1. The molecule has 0 aliphatic carbocycles. The van der Waals surface area contributed by atoms with Crippen LogP contribution < -0.4 is 10.1 Å². The zero-order chi connectivity index (χ0) is 12.2. The SMILES string of the molecule is CC(C)(CNC(=O)O)Oc1ccc(Br)cc1. The molecule has 4 nitrogen and oxygen atoms in total. The quantitative estimate of drug-likeness (QED) is 0.895. The van der Waals surface area contributed by atoms with Crippen LogP contribution in [-0.4, -0.2) is 23.3 Å². The van der Waals surface area contributed by atoms with Gasteiger partial charge in [0.05, 0.1) is 6.54 Å². The summed E-state index contributed by atoms with van der Waals surface area (Å²) in [5.74, 6) is 0.709. The summed E-state index contributed by atoms with van der Waals surface area (Å²) < 4.78 is 6.63. The molecule has 0 saturated heterocycles.